The fourth-order valence-corrected chi connectivity index (χ4v) is 3.41. The first-order chi connectivity index (χ1) is 5.33. The Kier molecular flexibility index (Phi) is 2.10. The maximum absolute atomic E-state index is 9.75. The Balaban J connectivity index is 0.000000563. The second-order valence-electron chi connectivity index (χ2n) is 4.57. The first-order valence-corrected chi connectivity index (χ1v) is 4.75. The van der Waals surface area contributed by atoms with Gasteiger partial charge in [0.05, 0.1) is 0 Å². The average molecular weight is 190 g/mol. The van der Waals surface area contributed by atoms with E-state index in [0.29, 0.717) is 5.92 Å². The Bertz CT molecular complexity index is 157. The van der Waals surface area contributed by atoms with Gasteiger partial charge in [-0.3, -0.25) is 4.90 Å². The van der Waals surface area contributed by atoms with Crippen molar-refractivity contribution in [2.45, 2.75) is 25.5 Å². The number of aliphatic hydroxyl groups excluding tert-OH is 1. The number of halogens is 1. The highest BCUT2D eigenvalue weighted by Crippen LogP contribution is 2.45. The van der Waals surface area contributed by atoms with Crippen molar-refractivity contribution in [2.24, 2.45) is 17.8 Å². The Labute approximate surface area is 79.3 Å². The van der Waals surface area contributed by atoms with Crippen molar-refractivity contribution in [3.05, 3.63) is 0 Å². The molecule has 0 amide bonds. The molecule has 2 nitrogen and oxygen atoms in total. The van der Waals surface area contributed by atoms with Gasteiger partial charge in [0.25, 0.3) is 0 Å². The van der Waals surface area contributed by atoms with E-state index in [9.17, 15) is 5.11 Å². The predicted molar refractivity (Wildman–Crippen MR) is 49.1 cm³/mol. The molecule has 0 radical (unpaired) electrons. The van der Waals surface area contributed by atoms with Crippen molar-refractivity contribution < 1.29 is 5.11 Å². The largest absolute Gasteiger partial charge is 0.378 e. The normalized spacial score (nSPS) is 55.2. The second kappa shape index (κ2) is 2.86. The molecule has 70 valence electrons. The third-order valence-electron chi connectivity index (χ3n) is 3.72. The lowest BCUT2D eigenvalue weighted by Gasteiger charge is -2.54. The Morgan fingerprint density at radius 1 is 1.00 bits per heavy atom. The summed E-state index contributed by atoms with van der Waals surface area (Å²) in [6.07, 6.45) is 3.96. The Morgan fingerprint density at radius 3 is 2.08 bits per heavy atom. The number of hydrogen-bond donors (Lipinski definition) is 1. The lowest BCUT2D eigenvalue weighted by atomic mass is 9.67. The molecule has 4 aliphatic rings. The van der Waals surface area contributed by atoms with Gasteiger partial charge in [-0.1, -0.05) is 0 Å². The summed E-state index contributed by atoms with van der Waals surface area (Å²) in [4.78, 5) is 2.29. The van der Waals surface area contributed by atoms with Gasteiger partial charge in [0.2, 0.25) is 0 Å². The average Bonchev–Trinajstić information content (AvgIpc) is 1.98. The van der Waals surface area contributed by atoms with Gasteiger partial charge in [-0.05, 0) is 37.0 Å². The summed E-state index contributed by atoms with van der Waals surface area (Å²) in [5, 5.41) is 9.75. The minimum absolute atomic E-state index is 0. The zero-order chi connectivity index (χ0) is 7.42. The lowest BCUT2D eigenvalue weighted by molar-refractivity contribution is -0.155. The minimum Gasteiger partial charge on any atom is -0.378 e. The van der Waals surface area contributed by atoms with E-state index in [-0.39, 0.29) is 18.6 Å². The molecular weight excluding hydrogens is 174 g/mol. The summed E-state index contributed by atoms with van der Waals surface area (Å²) in [6, 6.07) is 0. The van der Waals surface area contributed by atoms with Gasteiger partial charge in [-0.15, -0.1) is 12.4 Å². The smallest absolute Gasteiger partial charge is 0.110 e. The monoisotopic (exact) mass is 189 g/mol. The van der Waals surface area contributed by atoms with E-state index in [4.69, 9.17) is 0 Å². The first-order valence-electron chi connectivity index (χ1n) is 4.75. The standard InChI is InChI=1S/C9H15NO.ClH/c11-9-8-2-6-1-7(3-8)5-10(9)4-6;/h6-9,11H,1-5H2;1H. The van der Waals surface area contributed by atoms with Crippen LogP contribution in [0.5, 0.6) is 0 Å². The number of aliphatic hydroxyl groups is 1. The fraction of sp³-hybridized carbons (Fsp3) is 1.00. The van der Waals surface area contributed by atoms with E-state index >= 15 is 0 Å². The molecule has 3 heterocycles. The molecule has 0 aromatic rings. The summed E-state index contributed by atoms with van der Waals surface area (Å²) >= 11 is 0. The van der Waals surface area contributed by atoms with Crippen LogP contribution in [0.15, 0.2) is 0 Å². The van der Waals surface area contributed by atoms with Crippen LogP contribution in [0.3, 0.4) is 0 Å². The molecule has 12 heavy (non-hydrogen) atoms. The zero-order valence-electron chi connectivity index (χ0n) is 7.15. The molecule has 3 aliphatic heterocycles. The van der Waals surface area contributed by atoms with Crippen LogP contribution in [0, 0.1) is 17.8 Å². The molecule has 0 aromatic heterocycles. The highest BCUT2D eigenvalue weighted by Gasteiger charge is 2.46. The first kappa shape index (κ1) is 8.79. The van der Waals surface area contributed by atoms with Gasteiger partial charge in [-0.25, -0.2) is 0 Å². The molecule has 4 rings (SSSR count). The Hall–Kier alpha value is 0.210. The number of hydrogen-bond acceptors (Lipinski definition) is 2. The topological polar surface area (TPSA) is 23.5 Å². The van der Waals surface area contributed by atoms with Gasteiger partial charge in [0.1, 0.15) is 6.23 Å². The van der Waals surface area contributed by atoms with Crippen molar-refractivity contribution in [3.63, 3.8) is 0 Å². The molecule has 0 aromatic carbocycles. The number of nitrogens with zero attached hydrogens (tertiary/aromatic N) is 1. The molecule has 3 unspecified atom stereocenters. The van der Waals surface area contributed by atoms with Gasteiger partial charge in [-0.2, -0.15) is 0 Å². The summed E-state index contributed by atoms with van der Waals surface area (Å²) in [5.74, 6) is 2.48. The van der Waals surface area contributed by atoms with Gasteiger partial charge >= 0.3 is 0 Å². The van der Waals surface area contributed by atoms with Crippen LogP contribution in [0.25, 0.3) is 0 Å². The highest BCUT2D eigenvalue weighted by atomic mass is 35.5. The maximum atomic E-state index is 9.75. The maximum Gasteiger partial charge on any atom is 0.110 e. The molecule has 1 N–H and O–H groups in total. The predicted octanol–water partition coefficient (Wildman–Crippen LogP) is 1.09. The highest BCUT2D eigenvalue weighted by molar-refractivity contribution is 5.85. The third-order valence-corrected chi connectivity index (χ3v) is 3.72. The van der Waals surface area contributed by atoms with E-state index in [0.717, 1.165) is 11.8 Å². The van der Waals surface area contributed by atoms with Gasteiger partial charge in [0.15, 0.2) is 0 Å². The van der Waals surface area contributed by atoms with E-state index in [2.05, 4.69) is 4.90 Å². The molecule has 3 heteroatoms. The number of piperidine rings is 3. The van der Waals surface area contributed by atoms with Gasteiger partial charge in [0, 0.05) is 13.1 Å². The van der Waals surface area contributed by atoms with Crippen LogP contribution in [0.1, 0.15) is 19.3 Å². The fourth-order valence-electron chi connectivity index (χ4n) is 3.41. The van der Waals surface area contributed by atoms with Crippen LogP contribution in [0.2, 0.25) is 0 Å². The molecule has 4 fully saturated rings. The summed E-state index contributed by atoms with van der Waals surface area (Å²) in [7, 11) is 0. The SMILES string of the molecule is Cl.OC1C2CC3CC(C2)CN1C3. The molecule has 3 atom stereocenters. The molecule has 3 saturated heterocycles. The lowest BCUT2D eigenvalue weighted by Crippen LogP contribution is -2.59. The van der Waals surface area contributed by atoms with Crippen molar-refractivity contribution in [2.75, 3.05) is 13.1 Å². The van der Waals surface area contributed by atoms with Crippen molar-refractivity contribution >= 4 is 12.4 Å². The summed E-state index contributed by atoms with van der Waals surface area (Å²) in [5.41, 5.74) is 0. The Morgan fingerprint density at radius 2 is 1.58 bits per heavy atom. The molecule has 0 spiro atoms. The molecule has 4 bridgehead atoms. The third kappa shape index (κ3) is 1.09. The van der Waals surface area contributed by atoms with E-state index < -0.39 is 0 Å². The minimum atomic E-state index is -0.0807. The van der Waals surface area contributed by atoms with Crippen LogP contribution < -0.4 is 0 Å². The molecule has 1 saturated carbocycles. The van der Waals surface area contributed by atoms with Crippen molar-refractivity contribution in [1.82, 2.24) is 4.90 Å². The van der Waals surface area contributed by atoms with Crippen LogP contribution in [-0.2, 0) is 0 Å². The second-order valence-corrected chi connectivity index (χ2v) is 4.57. The molecular formula is C9H16ClNO. The zero-order valence-corrected chi connectivity index (χ0v) is 7.96. The van der Waals surface area contributed by atoms with E-state index in [1.54, 1.807) is 0 Å². The summed E-state index contributed by atoms with van der Waals surface area (Å²) < 4.78 is 0. The molecule has 1 aliphatic carbocycles. The summed E-state index contributed by atoms with van der Waals surface area (Å²) in [6.45, 7) is 2.35. The van der Waals surface area contributed by atoms with Crippen LogP contribution >= 0.6 is 12.4 Å². The van der Waals surface area contributed by atoms with E-state index in [1.807, 2.05) is 0 Å². The number of rotatable bonds is 0. The van der Waals surface area contributed by atoms with Crippen LogP contribution in [-0.4, -0.2) is 29.3 Å². The van der Waals surface area contributed by atoms with Crippen molar-refractivity contribution in [3.8, 4) is 0 Å². The van der Waals surface area contributed by atoms with Crippen LogP contribution in [0.4, 0.5) is 0 Å². The quantitative estimate of drug-likeness (QED) is 0.617. The van der Waals surface area contributed by atoms with Crippen molar-refractivity contribution in [1.29, 1.82) is 0 Å². The van der Waals surface area contributed by atoms with E-state index in [1.165, 1.54) is 32.4 Å². The van der Waals surface area contributed by atoms with Gasteiger partial charge < -0.3 is 5.11 Å².